The SMILES string of the molecule is Cc1ccsc1C1=NN(C)C(c2nc(-c3ccc(SC(C)C)cc3)cnc2N)O1. The highest BCUT2D eigenvalue weighted by molar-refractivity contribution is 7.99. The number of thioether (sulfide) groups is 1. The third-order valence-electron chi connectivity index (χ3n) is 4.45. The highest BCUT2D eigenvalue weighted by atomic mass is 32.2. The number of nitrogens with zero attached hydrogens (tertiary/aromatic N) is 4. The lowest BCUT2D eigenvalue weighted by atomic mass is 10.1. The Labute approximate surface area is 178 Å². The molecule has 1 aliphatic heterocycles. The summed E-state index contributed by atoms with van der Waals surface area (Å²) in [5, 5.41) is 8.85. The van der Waals surface area contributed by atoms with E-state index in [2.05, 4.69) is 54.3 Å². The Morgan fingerprint density at radius 2 is 1.97 bits per heavy atom. The van der Waals surface area contributed by atoms with E-state index in [1.165, 1.54) is 4.90 Å². The van der Waals surface area contributed by atoms with Crippen molar-refractivity contribution in [2.75, 3.05) is 12.8 Å². The Balaban J connectivity index is 1.60. The molecule has 0 saturated heterocycles. The fourth-order valence-electron chi connectivity index (χ4n) is 3.03. The van der Waals surface area contributed by atoms with E-state index in [1.807, 2.05) is 31.1 Å². The first kappa shape index (κ1) is 19.7. The standard InChI is InChI=1S/C21H23N5OS2/c1-12(2)29-15-7-5-14(6-8-15)16-11-23-19(22)17(24-16)21-26(4)25-20(27-21)18-13(3)9-10-28-18/h5-12,21H,1-4H3,(H2,22,23). The lowest BCUT2D eigenvalue weighted by molar-refractivity contribution is 0.0746. The van der Waals surface area contributed by atoms with Gasteiger partial charge < -0.3 is 10.5 Å². The van der Waals surface area contributed by atoms with Crippen molar-refractivity contribution in [2.45, 2.75) is 37.1 Å². The summed E-state index contributed by atoms with van der Waals surface area (Å²) in [6.45, 7) is 6.41. The molecule has 0 radical (unpaired) electrons. The zero-order valence-corrected chi connectivity index (χ0v) is 18.4. The van der Waals surface area contributed by atoms with Crippen LogP contribution in [-0.2, 0) is 4.74 Å². The first-order chi connectivity index (χ1) is 13.9. The van der Waals surface area contributed by atoms with Gasteiger partial charge in [-0.15, -0.1) is 28.2 Å². The van der Waals surface area contributed by atoms with Gasteiger partial charge in [0.25, 0.3) is 5.90 Å². The average molecular weight is 426 g/mol. The predicted molar refractivity (Wildman–Crippen MR) is 120 cm³/mol. The number of ether oxygens (including phenoxy) is 1. The number of aromatic nitrogens is 2. The van der Waals surface area contributed by atoms with E-state index in [4.69, 9.17) is 15.5 Å². The predicted octanol–water partition coefficient (Wildman–Crippen LogP) is 4.92. The van der Waals surface area contributed by atoms with Gasteiger partial charge in [-0.2, -0.15) is 0 Å². The highest BCUT2D eigenvalue weighted by Crippen LogP contribution is 2.33. The monoisotopic (exact) mass is 425 g/mol. The molecule has 6 nitrogen and oxygen atoms in total. The topological polar surface area (TPSA) is 76.6 Å². The summed E-state index contributed by atoms with van der Waals surface area (Å²) in [4.78, 5) is 11.4. The number of anilines is 1. The van der Waals surface area contributed by atoms with Crippen molar-refractivity contribution in [2.24, 2.45) is 5.10 Å². The second-order valence-corrected chi connectivity index (χ2v) is 9.66. The van der Waals surface area contributed by atoms with Crippen LogP contribution in [0, 0.1) is 6.92 Å². The molecule has 1 aromatic carbocycles. The molecule has 2 N–H and O–H groups in total. The first-order valence-electron chi connectivity index (χ1n) is 9.34. The van der Waals surface area contributed by atoms with Gasteiger partial charge in [0.1, 0.15) is 5.69 Å². The van der Waals surface area contributed by atoms with E-state index in [0.717, 1.165) is 21.7 Å². The zero-order chi connectivity index (χ0) is 20.5. The number of rotatable bonds is 5. The molecular formula is C21H23N5OS2. The van der Waals surface area contributed by atoms with Gasteiger partial charge in [-0.25, -0.2) is 9.97 Å². The molecule has 0 amide bonds. The van der Waals surface area contributed by atoms with Crippen LogP contribution in [0.5, 0.6) is 0 Å². The zero-order valence-electron chi connectivity index (χ0n) is 16.8. The summed E-state index contributed by atoms with van der Waals surface area (Å²) in [5.41, 5.74) is 9.60. The molecule has 0 aliphatic carbocycles. The first-order valence-corrected chi connectivity index (χ1v) is 11.1. The van der Waals surface area contributed by atoms with Gasteiger partial charge in [-0.05, 0) is 36.1 Å². The molecule has 0 spiro atoms. The summed E-state index contributed by atoms with van der Waals surface area (Å²) in [6, 6.07) is 10.4. The molecule has 0 fully saturated rings. The minimum atomic E-state index is -0.505. The van der Waals surface area contributed by atoms with Crippen LogP contribution in [0.25, 0.3) is 11.3 Å². The van der Waals surface area contributed by atoms with E-state index in [9.17, 15) is 0 Å². The van der Waals surface area contributed by atoms with E-state index in [1.54, 1.807) is 22.5 Å². The van der Waals surface area contributed by atoms with Crippen molar-refractivity contribution in [1.29, 1.82) is 0 Å². The number of nitrogen functional groups attached to an aromatic ring is 1. The van der Waals surface area contributed by atoms with Crippen LogP contribution in [0.3, 0.4) is 0 Å². The average Bonchev–Trinajstić information content (AvgIpc) is 3.28. The summed E-state index contributed by atoms with van der Waals surface area (Å²) in [7, 11) is 1.85. The van der Waals surface area contributed by atoms with Gasteiger partial charge in [0.15, 0.2) is 5.82 Å². The van der Waals surface area contributed by atoms with Crippen molar-refractivity contribution in [3.05, 3.63) is 58.0 Å². The van der Waals surface area contributed by atoms with Gasteiger partial charge in [-0.3, -0.25) is 5.01 Å². The Kier molecular flexibility index (Phi) is 5.47. The molecule has 3 heterocycles. The van der Waals surface area contributed by atoms with Gasteiger partial charge in [0.05, 0.1) is 16.8 Å². The maximum Gasteiger partial charge on any atom is 0.251 e. The molecule has 150 valence electrons. The smallest absolute Gasteiger partial charge is 0.251 e. The quantitative estimate of drug-likeness (QED) is 0.585. The molecule has 0 saturated carbocycles. The Morgan fingerprint density at radius 3 is 2.62 bits per heavy atom. The maximum atomic E-state index is 6.15. The van der Waals surface area contributed by atoms with Crippen LogP contribution in [-0.4, -0.2) is 33.2 Å². The molecule has 1 unspecified atom stereocenters. The van der Waals surface area contributed by atoms with Crippen LogP contribution < -0.4 is 5.73 Å². The number of nitrogens with two attached hydrogens (primary N) is 1. The van der Waals surface area contributed by atoms with Crippen LogP contribution >= 0.6 is 23.1 Å². The van der Waals surface area contributed by atoms with E-state index in [-0.39, 0.29) is 0 Å². The summed E-state index contributed by atoms with van der Waals surface area (Å²) < 4.78 is 6.12. The normalized spacial score (nSPS) is 16.2. The molecule has 1 aliphatic rings. The fraction of sp³-hybridized carbons (Fsp3) is 0.286. The molecule has 2 aromatic heterocycles. The van der Waals surface area contributed by atoms with E-state index in [0.29, 0.717) is 22.7 Å². The van der Waals surface area contributed by atoms with Crippen LogP contribution in [0.15, 0.2) is 51.9 Å². The second kappa shape index (κ2) is 8.04. The highest BCUT2D eigenvalue weighted by Gasteiger charge is 2.32. The second-order valence-electron chi connectivity index (χ2n) is 7.10. The fourth-order valence-corrected chi connectivity index (χ4v) is 4.72. The molecule has 29 heavy (non-hydrogen) atoms. The molecule has 8 heteroatoms. The number of aryl methyl sites for hydroxylation is 1. The number of hydrazone groups is 1. The van der Waals surface area contributed by atoms with Gasteiger partial charge in [0, 0.05) is 22.8 Å². The van der Waals surface area contributed by atoms with Crippen molar-refractivity contribution in [3.8, 4) is 11.3 Å². The molecule has 1 atom stereocenters. The Morgan fingerprint density at radius 1 is 1.21 bits per heavy atom. The Hall–Kier alpha value is -2.58. The van der Waals surface area contributed by atoms with Crippen LogP contribution in [0.2, 0.25) is 0 Å². The minimum absolute atomic E-state index is 0.344. The lowest BCUT2D eigenvalue weighted by Crippen LogP contribution is -2.19. The third-order valence-corrected chi connectivity index (χ3v) is 6.47. The summed E-state index contributed by atoms with van der Waals surface area (Å²) >= 11 is 3.44. The number of thiophene rings is 1. The molecule has 0 bridgehead atoms. The summed E-state index contributed by atoms with van der Waals surface area (Å²) in [6.07, 6.45) is 1.19. The van der Waals surface area contributed by atoms with Gasteiger partial charge >= 0.3 is 0 Å². The van der Waals surface area contributed by atoms with Crippen molar-refractivity contribution < 1.29 is 4.74 Å². The van der Waals surface area contributed by atoms with Crippen molar-refractivity contribution in [3.63, 3.8) is 0 Å². The van der Waals surface area contributed by atoms with E-state index >= 15 is 0 Å². The van der Waals surface area contributed by atoms with Crippen LogP contribution in [0.1, 0.15) is 36.2 Å². The van der Waals surface area contributed by atoms with Gasteiger partial charge in [0.2, 0.25) is 6.23 Å². The van der Waals surface area contributed by atoms with E-state index < -0.39 is 6.23 Å². The number of hydrogen-bond donors (Lipinski definition) is 1. The number of benzene rings is 1. The molecule has 4 rings (SSSR count). The third kappa shape index (κ3) is 4.09. The maximum absolute atomic E-state index is 6.15. The van der Waals surface area contributed by atoms with Crippen molar-refractivity contribution >= 4 is 34.8 Å². The lowest BCUT2D eigenvalue weighted by Gasteiger charge is -2.19. The molecule has 3 aromatic rings. The van der Waals surface area contributed by atoms with Crippen molar-refractivity contribution in [1.82, 2.24) is 15.0 Å². The Bertz CT molecular complexity index is 1050. The van der Waals surface area contributed by atoms with Gasteiger partial charge in [-0.1, -0.05) is 26.0 Å². The summed E-state index contributed by atoms with van der Waals surface area (Å²) in [5.74, 6) is 0.934. The minimum Gasteiger partial charge on any atom is -0.444 e. The van der Waals surface area contributed by atoms with Crippen LogP contribution in [0.4, 0.5) is 5.82 Å². The molecular weight excluding hydrogens is 402 g/mol. The number of hydrogen-bond acceptors (Lipinski definition) is 8. The largest absolute Gasteiger partial charge is 0.444 e.